The largest absolute Gasteiger partial charge is 0.376 e. The van der Waals surface area contributed by atoms with Gasteiger partial charge >= 0.3 is 0 Å². The molecule has 2 rings (SSSR count). The molecule has 0 aliphatic carbocycles. The smallest absolute Gasteiger partial charge is 0.0808 e. The molecule has 108 valence electrons. The van der Waals surface area contributed by atoms with E-state index in [1.807, 2.05) is 11.3 Å². The highest BCUT2D eigenvalue weighted by Gasteiger charge is 2.14. The Hall–Kier alpha value is -0.420. The molecule has 1 aliphatic rings. The van der Waals surface area contributed by atoms with Crippen molar-refractivity contribution < 1.29 is 9.47 Å². The van der Waals surface area contributed by atoms with Crippen molar-refractivity contribution in [3.8, 4) is 0 Å². The quantitative estimate of drug-likeness (QED) is 0.833. The lowest BCUT2D eigenvalue weighted by atomic mass is 10.1. The second-order valence-corrected chi connectivity index (χ2v) is 6.42. The van der Waals surface area contributed by atoms with Crippen LogP contribution < -0.4 is 5.32 Å². The van der Waals surface area contributed by atoms with Crippen LogP contribution in [0.2, 0.25) is 0 Å². The van der Waals surface area contributed by atoms with Gasteiger partial charge in [0.2, 0.25) is 0 Å². The van der Waals surface area contributed by atoms with Crippen molar-refractivity contribution in [1.82, 2.24) is 5.32 Å². The third kappa shape index (κ3) is 4.88. The monoisotopic (exact) mass is 283 g/mol. The predicted molar refractivity (Wildman–Crippen MR) is 79.7 cm³/mol. The van der Waals surface area contributed by atoms with Gasteiger partial charge in [0.15, 0.2) is 0 Å². The van der Waals surface area contributed by atoms with Crippen LogP contribution in [0.1, 0.15) is 41.5 Å². The van der Waals surface area contributed by atoms with E-state index in [0.717, 1.165) is 32.7 Å². The van der Waals surface area contributed by atoms with Crippen molar-refractivity contribution in [1.29, 1.82) is 0 Å². The summed E-state index contributed by atoms with van der Waals surface area (Å²) in [4.78, 5) is 2.77. The number of thiophene rings is 1. The number of hydrogen-bond acceptors (Lipinski definition) is 4. The zero-order valence-electron chi connectivity index (χ0n) is 12.0. The standard InChI is InChI=1S/C15H25NO2S/c1-3-16-9-15-8-13(12(2)19-15)10-17-11-14-6-4-5-7-18-14/h8,14,16H,3-7,9-11H2,1-2H3. The highest BCUT2D eigenvalue weighted by molar-refractivity contribution is 7.12. The summed E-state index contributed by atoms with van der Waals surface area (Å²) in [6.45, 7) is 8.64. The van der Waals surface area contributed by atoms with Crippen molar-refractivity contribution >= 4 is 11.3 Å². The molecule has 0 spiro atoms. The molecule has 3 nitrogen and oxygen atoms in total. The molecule has 1 aliphatic heterocycles. The fourth-order valence-electron chi connectivity index (χ4n) is 2.31. The van der Waals surface area contributed by atoms with E-state index in [-0.39, 0.29) is 0 Å². The van der Waals surface area contributed by atoms with Gasteiger partial charge in [0.25, 0.3) is 0 Å². The van der Waals surface area contributed by atoms with Crippen molar-refractivity contribution in [2.45, 2.75) is 52.4 Å². The van der Waals surface area contributed by atoms with Crippen molar-refractivity contribution in [2.75, 3.05) is 19.8 Å². The maximum atomic E-state index is 5.82. The molecule has 0 saturated carbocycles. The van der Waals surface area contributed by atoms with E-state index in [1.54, 1.807) is 0 Å². The highest BCUT2D eigenvalue weighted by Crippen LogP contribution is 2.22. The fraction of sp³-hybridized carbons (Fsp3) is 0.733. The molecule has 1 saturated heterocycles. The van der Waals surface area contributed by atoms with E-state index >= 15 is 0 Å². The van der Waals surface area contributed by atoms with E-state index in [2.05, 4.69) is 25.2 Å². The Bertz CT molecular complexity index is 372. The maximum Gasteiger partial charge on any atom is 0.0808 e. The van der Waals surface area contributed by atoms with Gasteiger partial charge in [-0.3, -0.25) is 0 Å². The zero-order valence-corrected chi connectivity index (χ0v) is 12.9. The molecular formula is C15H25NO2S. The first-order chi connectivity index (χ1) is 9.29. The topological polar surface area (TPSA) is 30.5 Å². The average molecular weight is 283 g/mol. The van der Waals surface area contributed by atoms with Crippen LogP contribution in [0.25, 0.3) is 0 Å². The molecule has 1 atom stereocenters. The molecule has 2 heterocycles. The fourth-order valence-corrected chi connectivity index (χ4v) is 3.32. The Kier molecular flexibility index (Phi) is 6.31. The number of ether oxygens (including phenoxy) is 2. The van der Waals surface area contributed by atoms with E-state index in [4.69, 9.17) is 9.47 Å². The van der Waals surface area contributed by atoms with Crippen LogP contribution in [0.15, 0.2) is 6.07 Å². The van der Waals surface area contributed by atoms with Crippen LogP contribution >= 0.6 is 11.3 Å². The average Bonchev–Trinajstić information content (AvgIpc) is 2.78. The molecule has 1 fully saturated rings. The molecule has 1 aromatic heterocycles. The Labute approximate surface area is 120 Å². The zero-order chi connectivity index (χ0) is 13.5. The van der Waals surface area contributed by atoms with Crippen LogP contribution in [-0.2, 0) is 22.6 Å². The van der Waals surface area contributed by atoms with Crippen LogP contribution in [0, 0.1) is 6.92 Å². The molecule has 19 heavy (non-hydrogen) atoms. The molecular weight excluding hydrogens is 258 g/mol. The molecule has 1 N–H and O–H groups in total. The van der Waals surface area contributed by atoms with Gasteiger partial charge in [0, 0.05) is 22.9 Å². The van der Waals surface area contributed by atoms with Gasteiger partial charge < -0.3 is 14.8 Å². The molecule has 0 bridgehead atoms. The summed E-state index contributed by atoms with van der Waals surface area (Å²) in [5.74, 6) is 0. The minimum atomic E-state index is 0.314. The Morgan fingerprint density at radius 2 is 2.37 bits per heavy atom. The lowest BCUT2D eigenvalue weighted by Gasteiger charge is -2.22. The first-order valence-electron chi connectivity index (χ1n) is 7.28. The summed E-state index contributed by atoms with van der Waals surface area (Å²) >= 11 is 1.87. The van der Waals surface area contributed by atoms with Crippen LogP contribution in [0.5, 0.6) is 0 Å². The highest BCUT2D eigenvalue weighted by atomic mass is 32.1. The summed E-state index contributed by atoms with van der Waals surface area (Å²) < 4.78 is 11.5. The summed E-state index contributed by atoms with van der Waals surface area (Å²) in [6, 6.07) is 2.27. The third-order valence-electron chi connectivity index (χ3n) is 3.46. The number of nitrogens with one attached hydrogen (secondary N) is 1. The van der Waals surface area contributed by atoms with Crippen LogP contribution in [0.3, 0.4) is 0 Å². The van der Waals surface area contributed by atoms with Gasteiger partial charge in [-0.05, 0) is 44.4 Å². The van der Waals surface area contributed by atoms with Gasteiger partial charge in [-0.2, -0.15) is 0 Å². The van der Waals surface area contributed by atoms with Crippen LogP contribution in [-0.4, -0.2) is 25.9 Å². The number of aryl methyl sites for hydroxylation is 1. The Morgan fingerprint density at radius 1 is 1.47 bits per heavy atom. The summed E-state index contributed by atoms with van der Waals surface area (Å²) in [7, 11) is 0. The molecule has 1 aromatic rings. The van der Waals surface area contributed by atoms with Crippen LogP contribution in [0.4, 0.5) is 0 Å². The molecule has 0 aromatic carbocycles. The Balaban J connectivity index is 1.73. The molecule has 0 radical (unpaired) electrons. The predicted octanol–water partition coefficient (Wildman–Crippen LogP) is 3.25. The number of hydrogen-bond donors (Lipinski definition) is 1. The maximum absolute atomic E-state index is 5.82. The van der Waals surface area contributed by atoms with Crippen molar-refractivity contribution in [3.05, 3.63) is 21.4 Å². The number of rotatable bonds is 7. The lowest BCUT2D eigenvalue weighted by Crippen LogP contribution is -2.24. The molecule has 4 heteroatoms. The normalized spacial score (nSPS) is 19.8. The van der Waals surface area contributed by atoms with E-state index in [1.165, 1.54) is 28.2 Å². The van der Waals surface area contributed by atoms with E-state index < -0.39 is 0 Å². The first-order valence-corrected chi connectivity index (χ1v) is 8.09. The SMILES string of the molecule is CCNCc1cc(COCC2CCCCO2)c(C)s1. The van der Waals surface area contributed by atoms with Gasteiger partial charge in [-0.1, -0.05) is 6.92 Å². The summed E-state index contributed by atoms with van der Waals surface area (Å²) in [5, 5.41) is 3.36. The summed E-state index contributed by atoms with van der Waals surface area (Å²) in [5.41, 5.74) is 1.33. The first kappa shape index (κ1) is 15.0. The van der Waals surface area contributed by atoms with Gasteiger partial charge in [0.1, 0.15) is 0 Å². The van der Waals surface area contributed by atoms with E-state index in [9.17, 15) is 0 Å². The lowest BCUT2D eigenvalue weighted by molar-refractivity contribution is -0.0447. The van der Waals surface area contributed by atoms with Gasteiger partial charge in [-0.25, -0.2) is 0 Å². The Morgan fingerprint density at radius 3 is 3.11 bits per heavy atom. The third-order valence-corrected chi connectivity index (χ3v) is 4.55. The molecule has 1 unspecified atom stereocenters. The minimum Gasteiger partial charge on any atom is -0.376 e. The van der Waals surface area contributed by atoms with Gasteiger partial charge in [-0.15, -0.1) is 11.3 Å². The molecule has 0 amide bonds. The van der Waals surface area contributed by atoms with Gasteiger partial charge in [0.05, 0.1) is 19.3 Å². The second kappa shape index (κ2) is 8.00. The summed E-state index contributed by atoms with van der Waals surface area (Å²) in [6.07, 6.45) is 3.94. The van der Waals surface area contributed by atoms with E-state index in [0.29, 0.717) is 12.7 Å². The second-order valence-electron chi connectivity index (χ2n) is 5.08. The van der Waals surface area contributed by atoms with Crippen molar-refractivity contribution in [2.24, 2.45) is 0 Å². The van der Waals surface area contributed by atoms with Crippen molar-refractivity contribution in [3.63, 3.8) is 0 Å². The minimum absolute atomic E-state index is 0.314.